The van der Waals surface area contributed by atoms with E-state index in [2.05, 4.69) is 15.5 Å². The molecule has 0 saturated carbocycles. The van der Waals surface area contributed by atoms with E-state index in [1.165, 1.54) is 18.2 Å². The third kappa shape index (κ3) is 3.53. The molecule has 0 spiro atoms. The molecule has 0 aliphatic heterocycles. The lowest BCUT2D eigenvalue weighted by Crippen LogP contribution is -2.00. The number of anilines is 1. The number of benzene rings is 2. The van der Waals surface area contributed by atoms with E-state index >= 15 is 0 Å². The van der Waals surface area contributed by atoms with E-state index in [0.717, 1.165) is 0 Å². The molecule has 3 rings (SSSR count). The fourth-order valence-corrected chi connectivity index (χ4v) is 2.20. The molecule has 1 aromatic heterocycles. The number of hydrogen-bond acceptors (Lipinski definition) is 4. The molecule has 0 saturated heterocycles. The molecular weight excluding hydrogens is 300 g/mol. The van der Waals surface area contributed by atoms with Crippen molar-refractivity contribution in [1.29, 1.82) is 0 Å². The maximum absolute atomic E-state index is 14.2. The Balaban J connectivity index is 1.74. The molecule has 0 radical (unpaired) electrons. The van der Waals surface area contributed by atoms with Gasteiger partial charge >= 0.3 is 0 Å². The molecule has 0 atom stereocenters. The van der Waals surface area contributed by atoms with Gasteiger partial charge in [0.1, 0.15) is 11.6 Å². The topological polar surface area (TPSA) is 51.0 Å². The number of aryl methyl sites for hydroxylation is 1. The van der Waals surface area contributed by atoms with E-state index in [1.54, 1.807) is 24.3 Å². The first-order chi connectivity index (χ1) is 11.2. The number of halogens is 2. The summed E-state index contributed by atoms with van der Waals surface area (Å²) < 4.78 is 32.9. The van der Waals surface area contributed by atoms with Crippen LogP contribution in [0.2, 0.25) is 0 Å². The van der Waals surface area contributed by atoms with Crippen LogP contribution < -0.4 is 5.32 Å². The Morgan fingerprint density at radius 1 is 1.04 bits per heavy atom. The summed E-state index contributed by atoms with van der Waals surface area (Å²) in [5.74, 6) is 0.179. The first-order valence-electron chi connectivity index (χ1n) is 7.26. The van der Waals surface area contributed by atoms with E-state index in [4.69, 9.17) is 4.42 Å². The molecule has 23 heavy (non-hydrogen) atoms. The molecule has 0 fully saturated rings. The molecule has 0 unspecified atom stereocenters. The fraction of sp³-hybridized carbons (Fsp3) is 0.176. The van der Waals surface area contributed by atoms with Crippen molar-refractivity contribution < 1.29 is 13.2 Å². The normalized spacial score (nSPS) is 10.7. The van der Waals surface area contributed by atoms with Crippen molar-refractivity contribution in [2.75, 3.05) is 5.32 Å². The van der Waals surface area contributed by atoms with Crippen molar-refractivity contribution in [1.82, 2.24) is 10.2 Å². The number of aromatic nitrogens is 2. The largest absolute Gasteiger partial charge is 0.423 e. The van der Waals surface area contributed by atoms with Gasteiger partial charge in [-0.2, -0.15) is 0 Å². The van der Waals surface area contributed by atoms with Gasteiger partial charge in [-0.05, 0) is 35.9 Å². The van der Waals surface area contributed by atoms with Crippen LogP contribution in [0.1, 0.15) is 18.7 Å². The lowest BCUT2D eigenvalue weighted by molar-refractivity contribution is 0.460. The lowest BCUT2D eigenvalue weighted by atomic mass is 10.0. The van der Waals surface area contributed by atoms with Crippen LogP contribution in [0, 0.1) is 11.6 Å². The molecule has 0 aliphatic carbocycles. The summed E-state index contributed by atoms with van der Waals surface area (Å²) in [7, 11) is 0. The van der Waals surface area contributed by atoms with Gasteiger partial charge in [-0.1, -0.05) is 19.1 Å². The van der Waals surface area contributed by atoms with Gasteiger partial charge < -0.3 is 9.73 Å². The molecule has 0 bridgehead atoms. The number of rotatable bonds is 5. The molecule has 3 aromatic rings. The number of nitrogens with zero attached hydrogens (tertiary/aromatic N) is 2. The van der Waals surface area contributed by atoms with Gasteiger partial charge in [0.2, 0.25) is 11.8 Å². The highest BCUT2D eigenvalue weighted by Crippen LogP contribution is 2.26. The Kier molecular flexibility index (Phi) is 4.32. The summed E-state index contributed by atoms with van der Waals surface area (Å²) in [6, 6.07) is 10.5. The Bertz CT molecular complexity index is 817. The summed E-state index contributed by atoms with van der Waals surface area (Å²) in [4.78, 5) is 0. The van der Waals surface area contributed by atoms with E-state index in [0.29, 0.717) is 41.6 Å². The molecule has 6 heteroatoms. The van der Waals surface area contributed by atoms with Crippen LogP contribution in [0.25, 0.3) is 11.1 Å². The van der Waals surface area contributed by atoms with Crippen molar-refractivity contribution >= 4 is 5.69 Å². The summed E-state index contributed by atoms with van der Waals surface area (Å²) in [5, 5.41) is 10.8. The van der Waals surface area contributed by atoms with Crippen molar-refractivity contribution in [3.05, 3.63) is 65.9 Å². The lowest BCUT2D eigenvalue weighted by Gasteiger charge is -2.08. The van der Waals surface area contributed by atoms with Crippen LogP contribution in [0.3, 0.4) is 0 Å². The quantitative estimate of drug-likeness (QED) is 0.767. The highest BCUT2D eigenvalue weighted by atomic mass is 19.1. The molecule has 1 heterocycles. The third-order valence-electron chi connectivity index (χ3n) is 3.36. The molecule has 118 valence electrons. The zero-order valence-electron chi connectivity index (χ0n) is 12.5. The van der Waals surface area contributed by atoms with Crippen LogP contribution in [0.5, 0.6) is 0 Å². The summed E-state index contributed by atoms with van der Waals surface area (Å²) >= 11 is 0. The highest BCUT2D eigenvalue weighted by Gasteiger charge is 2.08. The maximum atomic E-state index is 14.2. The minimum absolute atomic E-state index is 0.311. The van der Waals surface area contributed by atoms with Crippen molar-refractivity contribution in [3.63, 3.8) is 0 Å². The monoisotopic (exact) mass is 315 g/mol. The minimum atomic E-state index is -0.430. The second-order valence-corrected chi connectivity index (χ2v) is 5.00. The molecule has 4 nitrogen and oxygen atoms in total. The smallest absolute Gasteiger partial charge is 0.235 e. The number of nitrogens with one attached hydrogen (secondary N) is 1. The standard InChI is InChI=1S/C17H15F2N3O/c1-2-16-21-22-17(23-16)10-20-13-6-7-14(15(19)9-13)11-4-3-5-12(18)8-11/h3-9,20H,2,10H2,1H3. The molecule has 0 amide bonds. The van der Waals surface area contributed by atoms with Gasteiger partial charge in [-0.15, -0.1) is 10.2 Å². The average molecular weight is 315 g/mol. The van der Waals surface area contributed by atoms with E-state index < -0.39 is 11.6 Å². The SMILES string of the molecule is CCc1nnc(CNc2ccc(-c3cccc(F)c3)c(F)c2)o1. The minimum Gasteiger partial charge on any atom is -0.423 e. The highest BCUT2D eigenvalue weighted by molar-refractivity contribution is 5.66. The molecule has 1 N–H and O–H groups in total. The number of hydrogen-bond donors (Lipinski definition) is 1. The van der Waals surface area contributed by atoms with Gasteiger partial charge in [-0.25, -0.2) is 8.78 Å². The second kappa shape index (κ2) is 6.56. The van der Waals surface area contributed by atoms with Gasteiger partial charge in [0.15, 0.2) is 0 Å². The average Bonchev–Trinajstić information content (AvgIpc) is 3.01. The predicted octanol–water partition coefficient (Wildman–Crippen LogP) is 4.19. The summed E-state index contributed by atoms with van der Waals surface area (Å²) in [5.41, 5.74) is 1.43. The van der Waals surface area contributed by atoms with Crippen molar-refractivity contribution in [3.8, 4) is 11.1 Å². The second-order valence-electron chi connectivity index (χ2n) is 5.00. The Morgan fingerprint density at radius 3 is 2.57 bits per heavy atom. The predicted molar refractivity (Wildman–Crippen MR) is 82.8 cm³/mol. The van der Waals surface area contributed by atoms with Crippen molar-refractivity contribution in [2.24, 2.45) is 0 Å². The van der Waals surface area contributed by atoms with Crippen LogP contribution >= 0.6 is 0 Å². The Hall–Kier alpha value is -2.76. The molecular formula is C17H15F2N3O. The fourth-order valence-electron chi connectivity index (χ4n) is 2.20. The van der Waals surface area contributed by atoms with Gasteiger partial charge in [0, 0.05) is 17.7 Å². The summed E-state index contributed by atoms with van der Waals surface area (Å²) in [6.45, 7) is 2.23. The van der Waals surface area contributed by atoms with Crippen LogP contribution in [-0.4, -0.2) is 10.2 Å². The van der Waals surface area contributed by atoms with Crippen molar-refractivity contribution in [2.45, 2.75) is 19.9 Å². The summed E-state index contributed by atoms with van der Waals surface area (Å²) in [6.07, 6.45) is 0.671. The van der Waals surface area contributed by atoms with Gasteiger partial charge in [0.05, 0.1) is 6.54 Å². The zero-order valence-corrected chi connectivity index (χ0v) is 12.5. The Morgan fingerprint density at radius 2 is 1.87 bits per heavy atom. The van der Waals surface area contributed by atoms with E-state index in [1.807, 2.05) is 6.92 Å². The zero-order chi connectivity index (χ0) is 16.2. The first kappa shape index (κ1) is 15.1. The van der Waals surface area contributed by atoms with Crippen LogP contribution in [0.15, 0.2) is 46.9 Å². The third-order valence-corrected chi connectivity index (χ3v) is 3.36. The van der Waals surface area contributed by atoms with E-state index in [-0.39, 0.29) is 0 Å². The van der Waals surface area contributed by atoms with Gasteiger partial charge in [0.25, 0.3) is 0 Å². The molecule has 2 aromatic carbocycles. The Labute approximate surface area is 132 Å². The first-order valence-corrected chi connectivity index (χ1v) is 7.26. The molecule has 0 aliphatic rings. The van der Waals surface area contributed by atoms with E-state index in [9.17, 15) is 8.78 Å². The van der Waals surface area contributed by atoms with Crippen LogP contribution in [0.4, 0.5) is 14.5 Å². The van der Waals surface area contributed by atoms with Crippen LogP contribution in [-0.2, 0) is 13.0 Å². The van der Waals surface area contributed by atoms with Gasteiger partial charge in [-0.3, -0.25) is 0 Å². The maximum Gasteiger partial charge on any atom is 0.235 e.